The summed E-state index contributed by atoms with van der Waals surface area (Å²) in [6.07, 6.45) is 0.849. The van der Waals surface area contributed by atoms with Gasteiger partial charge in [0.1, 0.15) is 17.0 Å². The van der Waals surface area contributed by atoms with Gasteiger partial charge in [0, 0.05) is 35.6 Å². The number of carbonyl (C=O) groups excluding carboxylic acids is 5. The van der Waals surface area contributed by atoms with E-state index in [9.17, 15) is 24.0 Å². The number of fused-ring (bicyclic) bond motifs is 1. The number of alkyl carbamates (subject to hydrolysis) is 2. The van der Waals surface area contributed by atoms with Crippen LogP contribution in [-0.2, 0) is 23.9 Å². The second-order valence-electron chi connectivity index (χ2n) is 15.0. The van der Waals surface area contributed by atoms with E-state index in [4.69, 9.17) is 14.5 Å². The average Bonchev–Trinajstić information content (AvgIpc) is 3.92. The van der Waals surface area contributed by atoms with E-state index in [-0.39, 0.29) is 54.0 Å². The van der Waals surface area contributed by atoms with Gasteiger partial charge >= 0.3 is 12.2 Å². The van der Waals surface area contributed by atoms with Gasteiger partial charge in [0.25, 0.3) is 0 Å². The molecule has 15 heteroatoms. The van der Waals surface area contributed by atoms with Crippen LogP contribution in [0.1, 0.15) is 65.7 Å². The Morgan fingerprint density at radius 3 is 2.25 bits per heavy atom. The number of nitrogens with one attached hydrogen (secondary N) is 4. The van der Waals surface area contributed by atoms with Crippen LogP contribution in [0.25, 0.3) is 22.2 Å². The molecule has 0 spiro atoms. The molecule has 5 rings (SSSR count). The number of hydrogen-bond donors (Lipinski definition) is 4. The van der Waals surface area contributed by atoms with Crippen LogP contribution in [0, 0.1) is 23.7 Å². The molecule has 5 amide bonds. The van der Waals surface area contributed by atoms with Crippen LogP contribution in [0.4, 0.5) is 15.3 Å². The van der Waals surface area contributed by atoms with Crippen molar-refractivity contribution in [3.8, 4) is 11.1 Å². The van der Waals surface area contributed by atoms with E-state index in [2.05, 4.69) is 20.9 Å². The number of ether oxygens (including phenoxy) is 2. The molecule has 5 unspecified atom stereocenters. The molecular formula is C38H53N7O7Si. The molecule has 0 aliphatic carbocycles. The number of hydrogen-bond acceptors (Lipinski definition) is 8. The first-order valence-corrected chi connectivity index (χ1v) is 19.4. The molecule has 3 heterocycles. The first-order chi connectivity index (χ1) is 25.2. The lowest BCUT2D eigenvalue weighted by atomic mass is 9.89. The summed E-state index contributed by atoms with van der Waals surface area (Å²) in [5.74, 6) is -0.236. The van der Waals surface area contributed by atoms with Gasteiger partial charge in [-0.25, -0.2) is 14.6 Å². The maximum atomic E-state index is 13.9. The molecule has 2 saturated heterocycles. The molecule has 4 N–H and O–H groups in total. The Bertz CT molecular complexity index is 1830. The fraction of sp³-hybridized carbons (Fsp3) is 0.526. The Hall–Kier alpha value is -4.92. The van der Waals surface area contributed by atoms with Crippen molar-refractivity contribution in [2.75, 3.05) is 39.2 Å². The highest BCUT2D eigenvalue weighted by Gasteiger charge is 2.45. The summed E-state index contributed by atoms with van der Waals surface area (Å²) in [5.41, 5.74) is 4.19. The topological polar surface area (TPSA) is 175 Å². The van der Waals surface area contributed by atoms with Crippen molar-refractivity contribution in [2.45, 2.75) is 71.1 Å². The minimum Gasteiger partial charge on any atom is -0.453 e. The summed E-state index contributed by atoms with van der Waals surface area (Å²) in [4.78, 5) is 76.5. The summed E-state index contributed by atoms with van der Waals surface area (Å²) < 4.78 is 9.58. The number of aromatic amines is 1. The van der Waals surface area contributed by atoms with Crippen molar-refractivity contribution in [1.29, 1.82) is 0 Å². The number of imidazole rings is 1. The molecule has 1 aromatic heterocycles. The third kappa shape index (κ3) is 8.50. The smallest absolute Gasteiger partial charge is 0.407 e. The second-order valence-corrected chi connectivity index (χ2v) is 16.6. The van der Waals surface area contributed by atoms with Gasteiger partial charge in [0.2, 0.25) is 17.7 Å². The van der Waals surface area contributed by atoms with E-state index in [0.717, 1.165) is 35.0 Å². The average molecular weight is 748 g/mol. The summed E-state index contributed by atoms with van der Waals surface area (Å²) in [6, 6.07) is 12.6. The first-order valence-electron chi connectivity index (χ1n) is 18.4. The highest BCUT2D eigenvalue weighted by molar-refractivity contribution is 6.29. The van der Waals surface area contributed by atoms with Gasteiger partial charge < -0.3 is 40.2 Å². The van der Waals surface area contributed by atoms with Gasteiger partial charge in [-0.2, -0.15) is 0 Å². The molecule has 5 atom stereocenters. The standard InChI is InChI=1S/C38H53N7O7Si/c1-21(2)23(5)31(42-36(49)51-6)34(47)44-18-16-26(20-44)33(46)39-27-13-10-24(11-14-27)25-12-15-28-29(19-25)41-32(40-28)30-9-8-17-45(30)35(48)38(53,22(3)4)43-37(50)52-7/h10-15,19,21-23,26,30-31H,8-9,16-18,20H2,1-7,53H3,(H,39,46)(H,40,41)(H,42,49)(H,43,50). The fourth-order valence-electron chi connectivity index (χ4n) is 7.02. The van der Waals surface area contributed by atoms with Crippen LogP contribution in [-0.4, -0.2) is 105 Å². The highest BCUT2D eigenvalue weighted by atomic mass is 28.1. The van der Waals surface area contributed by atoms with E-state index >= 15 is 0 Å². The van der Waals surface area contributed by atoms with Crippen LogP contribution in [0.5, 0.6) is 0 Å². The molecular weight excluding hydrogens is 695 g/mol. The largest absolute Gasteiger partial charge is 0.453 e. The number of amides is 5. The number of rotatable bonds is 11. The number of aromatic nitrogens is 2. The van der Waals surface area contributed by atoms with Gasteiger partial charge in [-0.3, -0.25) is 14.4 Å². The van der Waals surface area contributed by atoms with Crippen molar-refractivity contribution >= 4 is 56.9 Å². The second kappa shape index (κ2) is 16.4. The predicted octanol–water partition coefficient (Wildman–Crippen LogP) is 3.77. The minimum atomic E-state index is -1.00. The molecule has 286 valence electrons. The zero-order valence-electron chi connectivity index (χ0n) is 31.9. The monoisotopic (exact) mass is 747 g/mol. The van der Waals surface area contributed by atoms with Gasteiger partial charge in [0.15, 0.2) is 0 Å². The third-order valence-electron chi connectivity index (χ3n) is 11.1. The molecule has 3 aromatic rings. The molecule has 2 aromatic carbocycles. The number of benzene rings is 2. The van der Waals surface area contributed by atoms with E-state index in [0.29, 0.717) is 41.3 Å². The number of likely N-dealkylation sites (tertiary alicyclic amines) is 2. The van der Waals surface area contributed by atoms with Crippen LogP contribution in [0.2, 0.25) is 0 Å². The van der Waals surface area contributed by atoms with Crippen LogP contribution in [0.3, 0.4) is 0 Å². The zero-order chi connectivity index (χ0) is 38.6. The summed E-state index contributed by atoms with van der Waals surface area (Å²) in [6.45, 7) is 11.1. The lowest BCUT2D eigenvalue weighted by Crippen LogP contribution is -2.63. The number of anilines is 1. The Labute approximate surface area is 313 Å². The normalized spacial score (nSPS) is 19.6. The van der Waals surface area contributed by atoms with E-state index in [1.54, 1.807) is 4.90 Å². The number of methoxy groups -OCH3 is 2. The summed E-state index contributed by atoms with van der Waals surface area (Å²) >= 11 is 0. The van der Waals surface area contributed by atoms with Crippen molar-refractivity contribution in [3.63, 3.8) is 0 Å². The van der Waals surface area contributed by atoms with Gasteiger partial charge in [-0.1, -0.05) is 52.8 Å². The molecule has 2 fully saturated rings. The quantitative estimate of drug-likeness (QED) is 0.215. The fourth-order valence-corrected chi connectivity index (χ4v) is 7.51. The molecule has 0 bridgehead atoms. The Kier molecular flexibility index (Phi) is 12.2. The lowest BCUT2D eigenvalue weighted by molar-refractivity contribution is -0.137. The van der Waals surface area contributed by atoms with Crippen molar-refractivity contribution < 1.29 is 33.4 Å². The number of H-pyrrole nitrogens is 1. The minimum absolute atomic E-state index is 0.113. The van der Waals surface area contributed by atoms with E-state index in [1.807, 2.05) is 82.0 Å². The SMILES string of the molecule is COC(=O)NC(C(=O)N1CCC(C(=O)Nc2ccc(-c3ccc4nc(C5CCCN5C(=O)C([SiH3])(NC(=O)OC)C(C)C)[nH]c4c3)cc2)C1)C(C)C(C)C. The first kappa shape index (κ1) is 39.3. The molecule has 53 heavy (non-hydrogen) atoms. The van der Waals surface area contributed by atoms with Gasteiger partial charge in [0.05, 0.1) is 37.2 Å². The zero-order valence-corrected chi connectivity index (χ0v) is 33.9. The molecule has 2 aliphatic rings. The Morgan fingerprint density at radius 2 is 1.60 bits per heavy atom. The van der Waals surface area contributed by atoms with E-state index in [1.165, 1.54) is 14.2 Å². The molecule has 14 nitrogen and oxygen atoms in total. The van der Waals surface area contributed by atoms with Crippen LogP contribution < -0.4 is 16.0 Å². The predicted molar refractivity (Wildman–Crippen MR) is 205 cm³/mol. The maximum Gasteiger partial charge on any atom is 0.407 e. The van der Waals surface area contributed by atoms with Crippen molar-refractivity contribution in [3.05, 3.63) is 48.3 Å². The van der Waals surface area contributed by atoms with Gasteiger partial charge in [-0.15, -0.1) is 0 Å². The van der Waals surface area contributed by atoms with Crippen LogP contribution >= 0.6 is 0 Å². The van der Waals surface area contributed by atoms with Crippen molar-refractivity contribution in [2.24, 2.45) is 23.7 Å². The van der Waals surface area contributed by atoms with E-state index < -0.39 is 23.4 Å². The third-order valence-corrected chi connectivity index (χ3v) is 13.0. The highest BCUT2D eigenvalue weighted by Crippen LogP contribution is 2.35. The number of carbonyl (C=O) groups is 5. The Balaban J connectivity index is 1.23. The summed E-state index contributed by atoms with van der Waals surface area (Å²) in [7, 11) is 2.98. The van der Waals surface area contributed by atoms with Gasteiger partial charge in [-0.05, 0) is 72.4 Å². The molecule has 2 aliphatic heterocycles. The molecule has 0 saturated carbocycles. The number of nitrogens with zero attached hydrogens (tertiary/aromatic N) is 3. The maximum absolute atomic E-state index is 13.9. The lowest BCUT2D eigenvalue weighted by Gasteiger charge is -2.38. The summed E-state index contributed by atoms with van der Waals surface area (Å²) in [5, 5.41) is 7.50. The van der Waals surface area contributed by atoms with Crippen LogP contribution in [0.15, 0.2) is 42.5 Å². The van der Waals surface area contributed by atoms with Crippen molar-refractivity contribution in [1.82, 2.24) is 30.4 Å². The molecule has 0 radical (unpaired) electrons. The Morgan fingerprint density at radius 1 is 0.925 bits per heavy atom.